The van der Waals surface area contributed by atoms with Crippen LogP contribution in [0.1, 0.15) is 15.9 Å². The van der Waals surface area contributed by atoms with E-state index < -0.39 is 47.7 Å². The number of ether oxygens (including phenoxy) is 1. The number of aromatic nitrogens is 4. The number of nitrogens with zero attached hydrogens (tertiary/aromatic N) is 5. The van der Waals surface area contributed by atoms with Gasteiger partial charge in [0.25, 0.3) is 5.91 Å². The minimum atomic E-state index is -4.69. The summed E-state index contributed by atoms with van der Waals surface area (Å²) >= 11 is 5.55. The van der Waals surface area contributed by atoms with Gasteiger partial charge in [-0.1, -0.05) is 17.7 Å². The Hall–Kier alpha value is -4.00. The zero-order valence-electron chi connectivity index (χ0n) is 17.4. The van der Waals surface area contributed by atoms with Crippen molar-refractivity contribution in [3.05, 3.63) is 64.9 Å². The first kappa shape index (κ1) is 24.6. The third-order valence-electron chi connectivity index (χ3n) is 4.38. The zero-order chi connectivity index (χ0) is 24.9. The van der Waals surface area contributed by atoms with Crippen molar-refractivity contribution in [1.29, 1.82) is 0 Å². The molecule has 0 aliphatic rings. The van der Waals surface area contributed by atoms with Crippen LogP contribution < -0.4 is 5.32 Å². The van der Waals surface area contributed by atoms with Gasteiger partial charge in [-0.2, -0.15) is 13.2 Å². The number of nitrogens with one attached hydrogen (secondary N) is 1. The van der Waals surface area contributed by atoms with Crippen LogP contribution in [0.3, 0.4) is 0 Å². The van der Waals surface area contributed by atoms with E-state index in [1.807, 2.05) is 0 Å². The van der Waals surface area contributed by atoms with E-state index in [1.165, 1.54) is 36.3 Å². The molecular formula is C20H16ClF3N6O4. The lowest BCUT2D eigenvalue weighted by molar-refractivity contribution is -0.137. The van der Waals surface area contributed by atoms with Gasteiger partial charge >= 0.3 is 12.1 Å². The standard InChI is InChI=1S/C20H16ClF3N6O4/c1-29(9-17(31)26-13-5-6-16(21)15(8-13)20(22,23)24)18(32)10-34-19(33)12-3-2-4-14(7-12)30-11-25-27-28-30/h2-8,11H,9-10H2,1H3,(H,26,31). The Kier molecular flexibility index (Phi) is 7.46. The van der Waals surface area contributed by atoms with Crippen LogP contribution in [-0.2, 0) is 20.5 Å². The predicted octanol–water partition coefficient (Wildman–Crippen LogP) is 2.59. The SMILES string of the molecule is CN(CC(=O)Nc1ccc(Cl)c(C(F)(F)F)c1)C(=O)COC(=O)c1cccc(-n2cnnn2)c1. The molecule has 1 heterocycles. The number of amides is 2. The van der Waals surface area contributed by atoms with Crippen LogP contribution >= 0.6 is 11.6 Å². The van der Waals surface area contributed by atoms with Gasteiger partial charge in [0.05, 0.1) is 28.4 Å². The molecule has 0 saturated carbocycles. The topological polar surface area (TPSA) is 119 Å². The maximum Gasteiger partial charge on any atom is 0.417 e. The van der Waals surface area contributed by atoms with Crippen molar-refractivity contribution < 1.29 is 32.3 Å². The van der Waals surface area contributed by atoms with E-state index in [9.17, 15) is 27.6 Å². The fraction of sp³-hybridized carbons (Fsp3) is 0.200. The number of alkyl halides is 3. The van der Waals surface area contributed by atoms with E-state index >= 15 is 0 Å². The summed E-state index contributed by atoms with van der Waals surface area (Å²) in [4.78, 5) is 37.6. The molecule has 1 aromatic heterocycles. The number of likely N-dealkylation sites (N-methyl/N-ethyl adjacent to an activating group) is 1. The third kappa shape index (κ3) is 6.28. The van der Waals surface area contributed by atoms with Gasteiger partial charge in [-0.3, -0.25) is 9.59 Å². The van der Waals surface area contributed by atoms with E-state index in [0.29, 0.717) is 11.8 Å². The number of hydrogen-bond acceptors (Lipinski definition) is 7. The van der Waals surface area contributed by atoms with E-state index in [1.54, 1.807) is 12.1 Å². The van der Waals surface area contributed by atoms with Crippen LogP contribution in [0, 0.1) is 0 Å². The van der Waals surface area contributed by atoms with Crippen molar-refractivity contribution in [2.24, 2.45) is 0 Å². The number of carbonyl (C=O) groups is 3. The lowest BCUT2D eigenvalue weighted by Gasteiger charge is -2.17. The summed E-state index contributed by atoms with van der Waals surface area (Å²) in [5.74, 6) is -2.25. The molecule has 14 heteroatoms. The molecule has 3 aromatic rings. The molecule has 0 radical (unpaired) electrons. The van der Waals surface area contributed by atoms with Gasteiger partial charge in [-0.15, -0.1) is 5.10 Å². The molecule has 0 fully saturated rings. The molecule has 0 unspecified atom stereocenters. The highest BCUT2D eigenvalue weighted by Crippen LogP contribution is 2.36. The van der Waals surface area contributed by atoms with Crippen LogP contribution in [0.15, 0.2) is 48.8 Å². The lowest BCUT2D eigenvalue weighted by atomic mass is 10.2. The van der Waals surface area contributed by atoms with Crippen LogP contribution in [0.5, 0.6) is 0 Å². The van der Waals surface area contributed by atoms with Crippen molar-refractivity contribution in [1.82, 2.24) is 25.1 Å². The average molecular weight is 497 g/mol. The van der Waals surface area contributed by atoms with Gasteiger partial charge in [0.1, 0.15) is 6.33 Å². The summed E-state index contributed by atoms with van der Waals surface area (Å²) in [5, 5.41) is 12.5. The molecule has 0 aliphatic heterocycles. The number of rotatable bonds is 7. The van der Waals surface area contributed by atoms with Crippen molar-refractivity contribution in [3.8, 4) is 5.69 Å². The Morgan fingerprint density at radius 3 is 2.62 bits per heavy atom. The Morgan fingerprint density at radius 2 is 1.94 bits per heavy atom. The number of tetrazole rings is 1. The summed E-state index contributed by atoms with van der Waals surface area (Å²) in [6, 6.07) is 9.05. The van der Waals surface area contributed by atoms with Crippen LogP contribution in [0.4, 0.5) is 18.9 Å². The third-order valence-corrected chi connectivity index (χ3v) is 4.71. The molecule has 0 aliphatic carbocycles. The molecule has 0 atom stereocenters. The molecular weight excluding hydrogens is 481 g/mol. The Morgan fingerprint density at radius 1 is 1.18 bits per heavy atom. The Bertz CT molecular complexity index is 1200. The van der Waals surface area contributed by atoms with Crippen molar-refractivity contribution >= 4 is 35.1 Å². The maximum absolute atomic E-state index is 12.9. The molecule has 0 bridgehead atoms. The van der Waals surface area contributed by atoms with Gasteiger partial charge in [0.2, 0.25) is 5.91 Å². The number of esters is 1. The minimum absolute atomic E-state index is 0.142. The maximum atomic E-state index is 12.9. The predicted molar refractivity (Wildman–Crippen MR) is 112 cm³/mol. The van der Waals surface area contributed by atoms with Gasteiger partial charge in [-0.05, 0) is 46.8 Å². The number of anilines is 1. The largest absolute Gasteiger partial charge is 0.452 e. The smallest absolute Gasteiger partial charge is 0.417 e. The monoisotopic (exact) mass is 496 g/mol. The number of hydrogen-bond donors (Lipinski definition) is 1. The van der Waals surface area contributed by atoms with Crippen molar-refractivity contribution in [2.45, 2.75) is 6.18 Å². The van der Waals surface area contributed by atoms with Crippen LogP contribution in [0.2, 0.25) is 5.02 Å². The quantitative estimate of drug-likeness (QED) is 0.499. The lowest BCUT2D eigenvalue weighted by Crippen LogP contribution is -2.37. The van der Waals surface area contributed by atoms with E-state index in [0.717, 1.165) is 11.0 Å². The normalized spacial score (nSPS) is 11.1. The van der Waals surface area contributed by atoms with Crippen molar-refractivity contribution in [2.75, 3.05) is 25.5 Å². The van der Waals surface area contributed by atoms with Crippen LogP contribution in [0.25, 0.3) is 5.69 Å². The van der Waals surface area contributed by atoms with Gasteiger partial charge < -0.3 is 15.0 Å². The molecule has 3 rings (SSSR count). The molecule has 178 valence electrons. The highest BCUT2D eigenvalue weighted by Gasteiger charge is 2.33. The second kappa shape index (κ2) is 10.3. The fourth-order valence-electron chi connectivity index (χ4n) is 2.70. The zero-order valence-corrected chi connectivity index (χ0v) is 18.2. The van der Waals surface area contributed by atoms with Crippen molar-refractivity contribution in [3.63, 3.8) is 0 Å². The van der Waals surface area contributed by atoms with Gasteiger partial charge in [-0.25, -0.2) is 9.48 Å². The van der Waals surface area contributed by atoms with Gasteiger partial charge in [0.15, 0.2) is 6.61 Å². The second-order valence-corrected chi connectivity index (χ2v) is 7.28. The molecule has 34 heavy (non-hydrogen) atoms. The minimum Gasteiger partial charge on any atom is -0.452 e. The molecule has 0 saturated heterocycles. The average Bonchev–Trinajstić information content (AvgIpc) is 3.33. The molecule has 1 N–H and O–H groups in total. The first-order valence-corrected chi connectivity index (χ1v) is 9.83. The Labute approximate surface area is 195 Å². The number of carbonyl (C=O) groups excluding carboxylic acids is 3. The van der Waals surface area contributed by atoms with E-state index in [2.05, 4.69) is 20.8 Å². The van der Waals surface area contributed by atoms with Crippen LogP contribution in [-0.4, -0.2) is 63.1 Å². The summed E-state index contributed by atoms with van der Waals surface area (Å²) in [7, 11) is 1.27. The fourth-order valence-corrected chi connectivity index (χ4v) is 2.92. The Balaban J connectivity index is 1.53. The summed E-state index contributed by atoms with van der Waals surface area (Å²) in [6.07, 6.45) is -3.36. The molecule has 10 nitrogen and oxygen atoms in total. The highest BCUT2D eigenvalue weighted by molar-refractivity contribution is 6.31. The first-order valence-electron chi connectivity index (χ1n) is 9.45. The molecule has 2 aromatic carbocycles. The van der Waals surface area contributed by atoms with Gasteiger partial charge in [0, 0.05) is 12.7 Å². The number of halogens is 4. The summed E-state index contributed by atoms with van der Waals surface area (Å²) in [5.41, 5.74) is -0.608. The molecule has 0 spiro atoms. The van der Waals surface area contributed by atoms with E-state index in [-0.39, 0.29) is 11.3 Å². The number of benzene rings is 2. The summed E-state index contributed by atoms with van der Waals surface area (Å²) < 4.78 is 45.2. The highest BCUT2D eigenvalue weighted by atomic mass is 35.5. The second-order valence-electron chi connectivity index (χ2n) is 6.87. The van der Waals surface area contributed by atoms with E-state index in [4.69, 9.17) is 16.3 Å². The summed E-state index contributed by atoms with van der Waals surface area (Å²) in [6.45, 7) is -1.15. The molecule has 2 amide bonds. The first-order chi connectivity index (χ1) is 16.0.